The first-order chi connectivity index (χ1) is 72.4. The molecule has 10 aromatic heterocycles. The molecule has 0 bridgehead atoms. The van der Waals surface area contributed by atoms with Crippen LogP contribution in [0.2, 0.25) is 5.02 Å². The normalized spacial score (nSPS) is 15.8. The van der Waals surface area contributed by atoms with E-state index in [2.05, 4.69) is 271 Å². The molecule has 1 atom stereocenters. The molecule has 5 aliphatic heterocycles. The van der Waals surface area contributed by atoms with Gasteiger partial charge < -0.3 is 22.1 Å². The van der Waals surface area contributed by atoms with E-state index in [1.807, 2.05) is 72.3 Å². The third kappa shape index (κ3) is 17.4. The van der Waals surface area contributed by atoms with Crippen LogP contribution < -0.4 is 0 Å². The average molecular weight is 2130 g/mol. The zero-order chi connectivity index (χ0) is 98.4. The zero-order valence-corrected chi connectivity index (χ0v) is 83.7. The molecule has 5 saturated carbocycles. The fourth-order valence-corrected chi connectivity index (χ4v) is 21.8. The predicted octanol–water partition coefficient (Wildman–Crippen LogP) is 26.3. The number of oxazole rings is 5. The highest BCUT2D eigenvalue weighted by Crippen LogP contribution is 2.50. The summed E-state index contributed by atoms with van der Waals surface area (Å²) in [4.78, 5) is 79.9. The quantitative estimate of drug-likeness (QED) is 0.0493. The number of para-hydroxylation sites is 1. The number of nitrogens with zero attached hydrogens (tertiary/aromatic N) is 21. The molecule has 15 heterocycles. The van der Waals surface area contributed by atoms with Gasteiger partial charge in [-0.15, -0.1) is 0 Å². The summed E-state index contributed by atoms with van der Waals surface area (Å²) in [6, 6.07) is 75.1. The Morgan fingerprint density at radius 3 is 1.01 bits per heavy atom. The van der Waals surface area contributed by atoms with E-state index in [9.17, 15) is 10.1 Å². The number of aromatic nitrogens is 15. The van der Waals surface area contributed by atoms with E-state index in [-0.39, 0.29) is 16.7 Å². The molecule has 0 radical (unpaired) electrons. The first-order valence-electron chi connectivity index (χ1n) is 49.2. The maximum atomic E-state index is 11.7. The summed E-state index contributed by atoms with van der Waals surface area (Å²) in [5, 5.41) is 12.4. The van der Waals surface area contributed by atoms with Crippen molar-refractivity contribution in [3.05, 3.63) is 448 Å². The van der Waals surface area contributed by atoms with E-state index in [1.165, 1.54) is 145 Å². The molecule has 0 N–H and O–H groups in total. The number of aliphatic imine (C=N–C) groups is 5. The van der Waals surface area contributed by atoms with Gasteiger partial charge in [-0.1, -0.05) is 155 Å². The van der Waals surface area contributed by atoms with Gasteiger partial charge in [0.05, 0.1) is 159 Å². The summed E-state index contributed by atoms with van der Waals surface area (Å²) < 4.78 is 40.4. The van der Waals surface area contributed by atoms with Gasteiger partial charge in [0.1, 0.15) is 60.1 Å². The second-order valence-electron chi connectivity index (χ2n) is 38.0. The molecule has 31 heteroatoms. The Morgan fingerprint density at radius 2 is 0.646 bits per heavy atom. The summed E-state index contributed by atoms with van der Waals surface area (Å²) in [7, 11) is 0. The minimum Gasteiger partial charge on any atom is -0.442 e. The monoisotopic (exact) mass is 2130 g/mol. The number of fused-ring (bicyclic) bond motifs is 15. The minimum atomic E-state index is -0.352. The highest BCUT2D eigenvalue weighted by atomic mass is 127. The molecule has 147 heavy (non-hydrogen) atoms. The number of rotatable bonds is 16. The second kappa shape index (κ2) is 38.3. The van der Waals surface area contributed by atoms with E-state index < -0.39 is 0 Å². The summed E-state index contributed by atoms with van der Waals surface area (Å²) in [6.07, 6.45) is 37.2. The van der Waals surface area contributed by atoms with E-state index in [4.69, 9.17) is 58.6 Å². The third-order valence-electron chi connectivity index (χ3n) is 28.6. The van der Waals surface area contributed by atoms with Crippen molar-refractivity contribution in [1.29, 1.82) is 0 Å². The predicted molar refractivity (Wildman–Crippen MR) is 571 cm³/mol. The van der Waals surface area contributed by atoms with Crippen LogP contribution in [0, 0.1) is 13.7 Å². The smallest absolute Gasteiger partial charge is 0.278 e. The Morgan fingerprint density at radius 1 is 0.340 bits per heavy atom. The molecular weight excluding hydrogens is 2040 g/mol. The minimum absolute atomic E-state index is 0.0455. The lowest BCUT2D eigenvalue weighted by atomic mass is 9.96. The third-order valence-corrected chi connectivity index (χ3v) is 30.5. The summed E-state index contributed by atoms with van der Waals surface area (Å²) >= 11 is 12.7. The topological polar surface area (TPSA) is 324 Å². The van der Waals surface area contributed by atoms with Crippen LogP contribution in [0.1, 0.15) is 219 Å². The van der Waals surface area contributed by atoms with Gasteiger partial charge in [0.2, 0.25) is 0 Å². The van der Waals surface area contributed by atoms with Gasteiger partial charge in [0.25, 0.3) is 5.69 Å². The SMILES string of the molecule is Brc1ccccc1C1=NCc2c(-c3cnco3)ncn2-c2ccc(C3CC3)cc21.C[C@H]1N=C(c2ccccc2)c2cc(C3CC3)ccc2-n2cnc(-c3cnco3)c21.Clc1ccccc1C1=NCc2c(-c3cnco3)ncn2-c2ccc(C3CC3)cc21.Ic1ccccc1C1=NCc2c(-c3cnco3)ncn2-c2ccc(C3CC3)cc21.O=[N+]([O-])c1ccccc1C1=NCc2c(-c3cnco3)ncn2-c2ccc(C3CC3)cc21. The van der Waals surface area contributed by atoms with Crippen molar-refractivity contribution in [2.75, 3.05) is 0 Å². The Kier molecular flexibility index (Phi) is 23.6. The van der Waals surface area contributed by atoms with Crippen molar-refractivity contribution in [3.8, 4) is 85.7 Å². The molecule has 10 aromatic carbocycles. The summed E-state index contributed by atoms with van der Waals surface area (Å²) in [6.45, 7) is 3.95. The van der Waals surface area contributed by atoms with E-state index in [0.29, 0.717) is 107 Å². The molecule has 720 valence electrons. The fraction of sp³-hybridized carbons (Fsp3) is 0.181. The lowest BCUT2D eigenvalue weighted by Gasteiger charge is -2.14. The summed E-state index contributed by atoms with van der Waals surface area (Å²) in [5.74, 6) is 6.46. The molecule has 0 amide bonds. The van der Waals surface area contributed by atoms with Crippen LogP contribution in [0.15, 0.2) is 364 Å². The summed E-state index contributed by atoms with van der Waals surface area (Å²) in [5.41, 5.74) is 35.7. The largest absolute Gasteiger partial charge is 0.442 e. The van der Waals surface area contributed by atoms with Gasteiger partial charge in [0, 0.05) is 69.2 Å². The van der Waals surface area contributed by atoms with Crippen molar-refractivity contribution in [1.82, 2.24) is 72.7 Å². The van der Waals surface area contributed by atoms with Crippen molar-refractivity contribution >= 4 is 84.4 Å². The molecular formula is C116H88BrClIN21O7. The molecule has 5 aliphatic carbocycles. The Labute approximate surface area is 869 Å². The Bertz CT molecular complexity index is 8180. The molecule has 28 nitrogen and oxygen atoms in total. The molecule has 0 spiro atoms. The van der Waals surface area contributed by atoms with Crippen LogP contribution in [-0.4, -0.2) is 106 Å². The number of nitro benzene ring substituents is 1. The standard InChI is InChI=1S/C24H20N4O.C23H17BrN4O.C23H17ClN4O.C23H17IN4O.C23H17N5O3/c1-15-24-23(21-12-25-14-29-21)26-13-28(24)20-10-9-18(16-7-8-16)11-19(20)22(27-15)17-5-3-2-4-6-17;3*24-18-4-2-1-3-16(18)22-17-9-15(14-5-6-14)7-8-19(17)28-12-27-23(20(28)10-26-22)21-11-25-13-29-21;29-28(30)19-4-2-1-3-16(19)22-17-9-15(14-5-6-14)7-8-18(17)27-12-26-23(20(27)10-25-22)21-11-24-13-31-21/h2-6,9-16H,7-8H2,1H3;3*1-4,7-9,11-14H,5-6,10H2;1-4,7-9,11-14H,5-6,10H2/t15-;;;;/m1..../s1. The molecule has 30 rings (SSSR count). The Hall–Kier alpha value is -16.5. The van der Waals surface area contributed by atoms with Crippen molar-refractivity contribution in [2.24, 2.45) is 25.0 Å². The second-order valence-corrected chi connectivity index (χ2v) is 40.4. The number of hydrogen-bond donors (Lipinski definition) is 0. The van der Waals surface area contributed by atoms with Crippen LogP contribution >= 0.6 is 50.1 Å². The Balaban J connectivity index is 0.0000000932. The first kappa shape index (κ1) is 90.6. The maximum absolute atomic E-state index is 11.7. The molecule has 10 aliphatic rings. The van der Waals surface area contributed by atoms with Gasteiger partial charge in [-0.25, -0.2) is 49.8 Å². The molecule has 0 saturated heterocycles. The number of nitro groups is 1. The highest BCUT2D eigenvalue weighted by molar-refractivity contribution is 14.1. The van der Waals surface area contributed by atoms with Crippen molar-refractivity contribution < 1.29 is 27.0 Å². The maximum Gasteiger partial charge on any atom is 0.278 e. The van der Waals surface area contributed by atoms with Crippen LogP contribution in [0.5, 0.6) is 0 Å². The average Bonchev–Trinajstić information content (AvgIpc) is 1.62. The number of benzene rings is 10. The van der Waals surface area contributed by atoms with Gasteiger partial charge in [0.15, 0.2) is 60.8 Å². The number of hydrogen-bond acceptors (Lipinski definition) is 22. The van der Waals surface area contributed by atoms with Crippen molar-refractivity contribution in [3.63, 3.8) is 0 Å². The van der Waals surface area contributed by atoms with Crippen LogP contribution in [0.4, 0.5) is 5.69 Å². The van der Waals surface area contributed by atoms with Gasteiger partial charge >= 0.3 is 0 Å². The van der Waals surface area contributed by atoms with Gasteiger partial charge in [-0.3, -0.25) is 57.9 Å². The number of imidazole rings is 5. The molecule has 0 unspecified atom stereocenters. The van der Waals surface area contributed by atoms with Crippen LogP contribution in [0.25, 0.3) is 85.7 Å². The fourth-order valence-electron chi connectivity index (χ4n) is 20.5. The lowest BCUT2D eigenvalue weighted by molar-refractivity contribution is -0.385. The van der Waals surface area contributed by atoms with Gasteiger partial charge in [-0.2, -0.15) is 0 Å². The zero-order valence-electron chi connectivity index (χ0n) is 79.2. The van der Waals surface area contributed by atoms with E-state index >= 15 is 0 Å². The van der Waals surface area contributed by atoms with Crippen LogP contribution in [-0.2, 0) is 26.2 Å². The van der Waals surface area contributed by atoms with Crippen LogP contribution in [0.3, 0.4) is 0 Å². The number of halogens is 3. The molecule has 5 fully saturated rings. The molecule has 20 aromatic rings. The van der Waals surface area contributed by atoms with E-state index in [1.54, 1.807) is 49.4 Å². The van der Waals surface area contributed by atoms with Crippen molar-refractivity contribution in [2.45, 2.75) is 133 Å². The lowest BCUT2D eigenvalue weighted by Crippen LogP contribution is -2.10. The first-order valence-corrected chi connectivity index (χ1v) is 51.4. The van der Waals surface area contributed by atoms with E-state index in [0.717, 1.165) is 146 Å². The highest BCUT2D eigenvalue weighted by Gasteiger charge is 2.38. The van der Waals surface area contributed by atoms with Gasteiger partial charge in [-0.05, 0) is 236 Å².